The minimum absolute atomic E-state index is 0.0517. The number of aryl methyl sites for hydroxylation is 1. The van der Waals surface area contributed by atoms with Gasteiger partial charge in [0.15, 0.2) is 6.29 Å². The van der Waals surface area contributed by atoms with Crippen LogP contribution in [0.1, 0.15) is 27.0 Å². The number of nitriles is 2. The Morgan fingerprint density at radius 3 is 2.37 bits per heavy atom. The monoisotopic (exact) mass is 415 g/mol. The molecule has 9 heteroatoms. The molecule has 3 aromatic rings. The standard InChI is InChI=1S/C21H13N5O3S/c1-12-2-4-13(5-3-12)19-16(9-22)20(24)25-21(17(19)10-23)30-18-7-6-15(26(28)29)8-14(18)11-27/h2-8,11H,1H3,(H2,24,25). The highest BCUT2D eigenvalue weighted by Crippen LogP contribution is 2.39. The number of rotatable bonds is 5. The molecule has 0 saturated heterocycles. The number of carbonyl (C=O) groups excluding carboxylic acids is 1. The molecule has 0 atom stereocenters. The van der Waals surface area contributed by atoms with Gasteiger partial charge in [0.05, 0.1) is 10.5 Å². The average molecular weight is 415 g/mol. The number of carbonyl (C=O) groups is 1. The largest absolute Gasteiger partial charge is 0.383 e. The SMILES string of the molecule is Cc1ccc(-c2c(C#N)c(N)nc(Sc3ccc([N+](=O)[O-])cc3C=O)c2C#N)cc1. The van der Waals surface area contributed by atoms with E-state index in [1.165, 1.54) is 12.1 Å². The van der Waals surface area contributed by atoms with Crippen LogP contribution in [0.4, 0.5) is 11.5 Å². The fourth-order valence-electron chi connectivity index (χ4n) is 2.82. The number of nitrogens with zero attached hydrogens (tertiary/aromatic N) is 4. The Hall–Kier alpha value is -4.21. The van der Waals surface area contributed by atoms with Crippen molar-refractivity contribution in [3.8, 4) is 23.3 Å². The van der Waals surface area contributed by atoms with E-state index in [0.29, 0.717) is 22.3 Å². The van der Waals surface area contributed by atoms with Crippen LogP contribution in [0.15, 0.2) is 52.4 Å². The Morgan fingerprint density at radius 1 is 1.13 bits per heavy atom. The Labute approximate surface area is 175 Å². The molecular formula is C21H13N5O3S. The molecule has 0 radical (unpaired) electrons. The van der Waals surface area contributed by atoms with Crippen LogP contribution in [0.25, 0.3) is 11.1 Å². The Bertz CT molecular complexity index is 1260. The van der Waals surface area contributed by atoms with Gasteiger partial charge in [-0.2, -0.15) is 10.5 Å². The summed E-state index contributed by atoms with van der Waals surface area (Å²) in [5, 5.41) is 30.6. The minimum Gasteiger partial charge on any atom is -0.383 e. The average Bonchev–Trinajstić information content (AvgIpc) is 2.74. The normalized spacial score (nSPS) is 10.1. The first kappa shape index (κ1) is 20.5. The van der Waals surface area contributed by atoms with Crippen molar-refractivity contribution >= 4 is 29.6 Å². The van der Waals surface area contributed by atoms with E-state index >= 15 is 0 Å². The third-order valence-corrected chi connectivity index (χ3v) is 5.37. The predicted octanol–water partition coefficient (Wildman–Crippen LogP) is 4.25. The molecule has 0 spiro atoms. The molecule has 1 aromatic heterocycles. The topological polar surface area (TPSA) is 147 Å². The molecule has 0 aliphatic heterocycles. The van der Waals surface area contributed by atoms with Crippen LogP contribution in [0.2, 0.25) is 0 Å². The first-order valence-corrected chi connectivity index (χ1v) is 9.33. The molecule has 0 unspecified atom stereocenters. The maximum Gasteiger partial charge on any atom is 0.270 e. The number of hydrogen-bond donors (Lipinski definition) is 1. The third-order valence-electron chi connectivity index (χ3n) is 4.29. The van der Waals surface area contributed by atoms with Crippen molar-refractivity contribution in [2.24, 2.45) is 0 Å². The Balaban J connectivity index is 2.21. The van der Waals surface area contributed by atoms with Crippen molar-refractivity contribution in [2.45, 2.75) is 16.8 Å². The summed E-state index contributed by atoms with van der Waals surface area (Å²) in [6.45, 7) is 1.91. The lowest BCUT2D eigenvalue weighted by Gasteiger charge is -2.13. The molecule has 0 aliphatic carbocycles. The molecule has 1 heterocycles. The number of nitrogen functional groups attached to an aromatic ring is 1. The maximum atomic E-state index is 11.4. The highest BCUT2D eigenvalue weighted by Gasteiger charge is 2.22. The van der Waals surface area contributed by atoms with Gasteiger partial charge < -0.3 is 5.73 Å². The summed E-state index contributed by atoms with van der Waals surface area (Å²) in [6.07, 6.45) is 0.495. The number of non-ortho nitro benzene ring substituents is 1. The van der Waals surface area contributed by atoms with E-state index in [9.17, 15) is 25.4 Å². The molecule has 0 amide bonds. The summed E-state index contributed by atoms with van der Waals surface area (Å²) in [5.74, 6) is -0.0517. The number of nitro groups is 1. The van der Waals surface area contributed by atoms with Crippen molar-refractivity contribution in [1.82, 2.24) is 4.98 Å². The molecule has 30 heavy (non-hydrogen) atoms. The molecule has 2 aromatic carbocycles. The second-order valence-electron chi connectivity index (χ2n) is 6.22. The van der Waals surface area contributed by atoms with E-state index in [-0.39, 0.29) is 33.2 Å². The number of aldehydes is 1. The molecule has 2 N–H and O–H groups in total. The number of hydrogen-bond acceptors (Lipinski definition) is 8. The van der Waals surface area contributed by atoms with Gasteiger partial charge in [-0.25, -0.2) is 4.98 Å². The summed E-state index contributed by atoms with van der Waals surface area (Å²) in [5.41, 5.74) is 8.05. The van der Waals surface area contributed by atoms with Gasteiger partial charge in [-0.1, -0.05) is 41.6 Å². The quantitative estimate of drug-likeness (QED) is 0.369. The number of aromatic nitrogens is 1. The van der Waals surface area contributed by atoms with Gasteiger partial charge in [0.25, 0.3) is 5.69 Å². The highest BCUT2D eigenvalue weighted by molar-refractivity contribution is 7.99. The number of nitrogens with two attached hydrogens (primary N) is 1. The number of pyridine rings is 1. The lowest BCUT2D eigenvalue weighted by atomic mass is 9.96. The van der Waals surface area contributed by atoms with Gasteiger partial charge in [-0.15, -0.1) is 0 Å². The van der Waals surface area contributed by atoms with E-state index in [4.69, 9.17) is 5.73 Å². The molecule has 0 bridgehead atoms. The summed E-state index contributed by atoms with van der Waals surface area (Å²) in [7, 11) is 0. The lowest BCUT2D eigenvalue weighted by molar-refractivity contribution is -0.384. The molecule has 0 saturated carbocycles. The van der Waals surface area contributed by atoms with Crippen LogP contribution in [-0.2, 0) is 0 Å². The fourth-order valence-corrected chi connectivity index (χ4v) is 3.78. The van der Waals surface area contributed by atoms with E-state index in [2.05, 4.69) is 11.1 Å². The number of anilines is 1. The summed E-state index contributed by atoms with van der Waals surface area (Å²) in [6, 6.07) is 15.2. The van der Waals surface area contributed by atoms with Gasteiger partial charge >= 0.3 is 0 Å². The Kier molecular flexibility index (Phi) is 5.77. The highest BCUT2D eigenvalue weighted by atomic mass is 32.2. The first-order valence-electron chi connectivity index (χ1n) is 8.51. The van der Waals surface area contributed by atoms with Crippen LogP contribution in [0, 0.1) is 39.7 Å². The third kappa shape index (κ3) is 3.83. The van der Waals surface area contributed by atoms with Gasteiger partial charge in [0.2, 0.25) is 0 Å². The fraction of sp³-hybridized carbons (Fsp3) is 0.0476. The smallest absolute Gasteiger partial charge is 0.270 e. The van der Waals surface area contributed by atoms with E-state index < -0.39 is 4.92 Å². The zero-order valence-electron chi connectivity index (χ0n) is 15.6. The van der Waals surface area contributed by atoms with Crippen LogP contribution >= 0.6 is 11.8 Å². The minimum atomic E-state index is -0.602. The zero-order chi connectivity index (χ0) is 21.8. The Morgan fingerprint density at radius 2 is 1.80 bits per heavy atom. The zero-order valence-corrected chi connectivity index (χ0v) is 16.4. The second-order valence-corrected chi connectivity index (χ2v) is 7.25. The van der Waals surface area contributed by atoms with Crippen molar-refractivity contribution in [1.29, 1.82) is 10.5 Å². The van der Waals surface area contributed by atoms with Gasteiger partial charge in [-0.3, -0.25) is 14.9 Å². The van der Waals surface area contributed by atoms with E-state index in [1.807, 2.05) is 25.1 Å². The van der Waals surface area contributed by atoms with E-state index in [1.54, 1.807) is 12.1 Å². The van der Waals surface area contributed by atoms with Gasteiger partial charge in [0.1, 0.15) is 28.5 Å². The van der Waals surface area contributed by atoms with Crippen molar-refractivity contribution in [3.05, 3.63) is 74.8 Å². The van der Waals surface area contributed by atoms with Crippen molar-refractivity contribution in [3.63, 3.8) is 0 Å². The van der Waals surface area contributed by atoms with E-state index in [0.717, 1.165) is 23.4 Å². The summed E-state index contributed by atoms with van der Waals surface area (Å²) in [4.78, 5) is 26.4. The van der Waals surface area contributed by atoms with Crippen LogP contribution in [0.5, 0.6) is 0 Å². The van der Waals surface area contributed by atoms with Crippen LogP contribution in [-0.4, -0.2) is 16.2 Å². The number of nitro benzene ring substituents is 1. The maximum absolute atomic E-state index is 11.4. The second kappa shape index (κ2) is 8.43. The lowest BCUT2D eigenvalue weighted by Crippen LogP contribution is -2.03. The molecule has 8 nitrogen and oxygen atoms in total. The van der Waals surface area contributed by atoms with Gasteiger partial charge in [0, 0.05) is 28.2 Å². The molecule has 146 valence electrons. The summed E-state index contributed by atoms with van der Waals surface area (Å²) < 4.78 is 0. The molecule has 0 aliphatic rings. The van der Waals surface area contributed by atoms with Crippen LogP contribution < -0.4 is 5.73 Å². The molecule has 0 fully saturated rings. The van der Waals surface area contributed by atoms with Crippen molar-refractivity contribution in [2.75, 3.05) is 5.73 Å². The molecular weight excluding hydrogens is 402 g/mol. The first-order chi connectivity index (χ1) is 14.4. The summed E-state index contributed by atoms with van der Waals surface area (Å²) >= 11 is 0.979. The van der Waals surface area contributed by atoms with Crippen molar-refractivity contribution < 1.29 is 9.72 Å². The molecule has 3 rings (SSSR count). The van der Waals surface area contributed by atoms with Crippen LogP contribution in [0.3, 0.4) is 0 Å². The van der Waals surface area contributed by atoms with Gasteiger partial charge in [-0.05, 0) is 18.6 Å². The number of benzene rings is 2. The predicted molar refractivity (Wildman–Crippen MR) is 111 cm³/mol.